The summed E-state index contributed by atoms with van der Waals surface area (Å²) in [6.45, 7) is 7.94. The molecule has 8 heteroatoms. The molecule has 0 spiro atoms. The van der Waals surface area contributed by atoms with Gasteiger partial charge in [0.05, 0.1) is 25.7 Å². The summed E-state index contributed by atoms with van der Waals surface area (Å²) < 4.78 is 7.75. The molecular formula is C26H28ClN5O2. The van der Waals surface area contributed by atoms with Crippen LogP contribution in [0.3, 0.4) is 0 Å². The van der Waals surface area contributed by atoms with Crippen LogP contribution < -0.4 is 9.64 Å². The van der Waals surface area contributed by atoms with Crippen molar-refractivity contribution in [3.05, 3.63) is 75.9 Å². The Morgan fingerprint density at radius 2 is 1.91 bits per heavy atom. The summed E-state index contributed by atoms with van der Waals surface area (Å²) in [6, 6.07) is 16.7. The topological polar surface area (TPSA) is 63.0 Å². The van der Waals surface area contributed by atoms with E-state index in [9.17, 15) is 4.79 Å². The van der Waals surface area contributed by atoms with Gasteiger partial charge in [-0.15, -0.1) is 0 Å². The number of halogens is 1. The van der Waals surface area contributed by atoms with E-state index >= 15 is 0 Å². The Morgan fingerprint density at radius 1 is 1.12 bits per heavy atom. The van der Waals surface area contributed by atoms with E-state index in [1.165, 1.54) is 5.56 Å². The van der Waals surface area contributed by atoms with Crippen molar-refractivity contribution in [1.29, 1.82) is 0 Å². The molecule has 176 valence electrons. The number of ether oxygens (including phenoxy) is 1. The molecule has 34 heavy (non-hydrogen) atoms. The Kier molecular flexibility index (Phi) is 6.04. The van der Waals surface area contributed by atoms with Crippen LogP contribution in [0.5, 0.6) is 6.01 Å². The zero-order chi connectivity index (χ0) is 23.8. The maximum Gasteiger partial charge on any atom is 0.299 e. The highest BCUT2D eigenvalue weighted by atomic mass is 35.5. The first-order valence-corrected chi connectivity index (χ1v) is 12.1. The molecule has 3 heterocycles. The molecule has 7 nitrogen and oxygen atoms in total. The number of hydrogen-bond acceptors (Lipinski definition) is 5. The first-order valence-electron chi connectivity index (χ1n) is 11.7. The number of hydrogen-bond donors (Lipinski definition) is 0. The Balaban J connectivity index is 1.54. The minimum atomic E-state index is -0.107. The maximum atomic E-state index is 13.7. The van der Waals surface area contributed by atoms with E-state index in [-0.39, 0.29) is 11.9 Å². The maximum absolute atomic E-state index is 13.7. The quantitative estimate of drug-likeness (QED) is 0.500. The van der Waals surface area contributed by atoms with E-state index in [0.717, 1.165) is 17.5 Å². The summed E-state index contributed by atoms with van der Waals surface area (Å²) in [7, 11) is 0. The predicted octanol–water partition coefficient (Wildman–Crippen LogP) is 4.55. The van der Waals surface area contributed by atoms with Gasteiger partial charge in [0.2, 0.25) is 5.96 Å². The van der Waals surface area contributed by atoms with Crippen LogP contribution in [0, 0.1) is 6.92 Å². The lowest BCUT2D eigenvalue weighted by atomic mass is 10.1. The fourth-order valence-electron chi connectivity index (χ4n) is 4.59. The van der Waals surface area contributed by atoms with Crippen molar-refractivity contribution in [3.8, 4) is 6.01 Å². The predicted molar refractivity (Wildman–Crippen MR) is 134 cm³/mol. The minimum Gasteiger partial charge on any atom is -0.465 e. The highest BCUT2D eigenvalue weighted by molar-refractivity contribution is 6.31. The molecule has 5 rings (SSSR count). The second-order valence-electron chi connectivity index (χ2n) is 8.60. The number of carbonyl (C=O) groups excluding carboxylic acids is 1. The van der Waals surface area contributed by atoms with Crippen molar-refractivity contribution in [1.82, 2.24) is 14.5 Å². The average Bonchev–Trinajstić information content (AvgIpc) is 3.39. The number of anilines is 1. The molecule has 1 amide bonds. The molecule has 0 radical (unpaired) electrons. The van der Waals surface area contributed by atoms with Crippen molar-refractivity contribution in [3.63, 3.8) is 0 Å². The number of aliphatic imine (C=N–C) groups is 1. The third-order valence-electron chi connectivity index (χ3n) is 6.27. The SMILES string of the molecule is CCOc1nc2c(n1Cc1ccc(C)c(Cl)c1)C(=O)N(CC)C1=N[C@H](Cc3ccccc3)CN12. The normalized spacial score (nSPS) is 17.0. The molecule has 0 bridgehead atoms. The van der Waals surface area contributed by atoms with E-state index in [2.05, 4.69) is 17.0 Å². The largest absolute Gasteiger partial charge is 0.465 e. The van der Waals surface area contributed by atoms with Gasteiger partial charge in [-0.1, -0.05) is 54.1 Å². The summed E-state index contributed by atoms with van der Waals surface area (Å²) in [5, 5.41) is 0.698. The van der Waals surface area contributed by atoms with Gasteiger partial charge < -0.3 is 4.74 Å². The monoisotopic (exact) mass is 477 g/mol. The van der Waals surface area contributed by atoms with Crippen LogP contribution in [0.2, 0.25) is 5.02 Å². The summed E-state index contributed by atoms with van der Waals surface area (Å²) in [5.74, 6) is 1.18. The van der Waals surface area contributed by atoms with Crippen molar-refractivity contribution < 1.29 is 9.53 Å². The van der Waals surface area contributed by atoms with Crippen molar-refractivity contribution >= 4 is 29.3 Å². The van der Waals surface area contributed by atoms with Crippen molar-refractivity contribution in [2.24, 2.45) is 4.99 Å². The van der Waals surface area contributed by atoms with Gasteiger partial charge in [-0.3, -0.25) is 19.2 Å². The lowest BCUT2D eigenvalue weighted by Gasteiger charge is -2.32. The third kappa shape index (κ3) is 3.94. The fourth-order valence-corrected chi connectivity index (χ4v) is 4.79. The number of carbonyl (C=O) groups is 1. The van der Waals surface area contributed by atoms with Gasteiger partial charge >= 0.3 is 0 Å². The Bertz CT molecular complexity index is 1250. The van der Waals surface area contributed by atoms with Crippen molar-refractivity contribution in [2.75, 3.05) is 24.6 Å². The van der Waals surface area contributed by atoms with Crippen LogP contribution >= 0.6 is 11.6 Å². The zero-order valence-electron chi connectivity index (χ0n) is 19.7. The van der Waals surface area contributed by atoms with Crippen LogP contribution in [-0.4, -0.2) is 52.1 Å². The lowest BCUT2D eigenvalue weighted by Crippen LogP contribution is -2.50. The minimum absolute atomic E-state index is 0.0433. The second-order valence-corrected chi connectivity index (χ2v) is 9.01. The fraction of sp³-hybridized carbons (Fsp3) is 0.346. The van der Waals surface area contributed by atoms with E-state index in [4.69, 9.17) is 26.3 Å². The number of nitrogens with zero attached hydrogens (tertiary/aromatic N) is 5. The summed E-state index contributed by atoms with van der Waals surface area (Å²) in [6.07, 6.45) is 0.808. The van der Waals surface area contributed by atoms with Crippen LogP contribution in [0.15, 0.2) is 53.5 Å². The summed E-state index contributed by atoms with van der Waals surface area (Å²) in [5.41, 5.74) is 3.75. The molecule has 2 aromatic carbocycles. The highest BCUT2D eigenvalue weighted by Gasteiger charge is 2.43. The standard InChI is InChI=1S/C26H28ClN5O2/c1-4-30-24(33)22-23(32-16-20(28-25(30)32)13-18-9-7-6-8-10-18)29-26(34-5-2)31(22)15-19-12-11-17(3)21(27)14-19/h6-12,14,20H,4-5,13,15-16H2,1-3H3/t20-/m1/s1. The zero-order valence-corrected chi connectivity index (χ0v) is 20.4. The number of aromatic nitrogens is 2. The van der Waals surface area contributed by atoms with E-state index in [1.807, 2.05) is 61.7 Å². The van der Waals surface area contributed by atoms with Gasteiger partial charge in [-0.05, 0) is 49.9 Å². The van der Waals surface area contributed by atoms with Gasteiger partial charge in [0.15, 0.2) is 11.5 Å². The number of imidazole rings is 1. The number of aryl methyl sites for hydroxylation is 1. The average molecular weight is 478 g/mol. The van der Waals surface area contributed by atoms with Gasteiger partial charge in [-0.25, -0.2) is 4.99 Å². The van der Waals surface area contributed by atoms with Crippen LogP contribution in [0.4, 0.5) is 5.82 Å². The van der Waals surface area contributed by atoms with Gasteiger partial charge in [0, 0.05) is 11.6 Å². The first-order chi connectivity index (χ1) is 16.5. The van der Waals surface area contributed by atoms with Gasteiger partial charge in [0.1, 0.15) is 0 Å². The first kappa shape index (κ1) is 22.5. The molecule has 0 saturated carbocycles. The molecule has 2 aliphatic rings. The summed E-state index contributed by atoms with van der Waals surface area (Å²) in [4.78, 5) is 27.2. The van der Waals surface area contributed by atoms with Crippen LogP contribution in [0.25, 0.3) is 0 Å². The number of benzene rings is 2. The number of fused-ring (bicyclic) bond motifs is 3. The smallest absolute Gasteiger partial charge is 0.299 e. The van der Waals surface area contributed by atoms with Crippen LogP contribution in [-0.2, 0) is 13.0 Å². The Morgan fingerprint density at radius 3 is 2.62 bits per heavy atom. The Labute approximate surface area is 204 Å². The molecule has 0 aliphatic carbocycles. The molecule has 0 saturated heterocycles. The molecule has 1 aromatic heterocycles. The molecule has 2 aliphatic heterocycles. The van der Waals surface area contributed by atoms with Gasteiger partial charge in [-0.2, -0.15) is 4.98 Å². The summed E-state index contributed by atoms with van der Waals surface area (Å²) >= 11 is 6.37. The number of rotatable bonds is 7. The highest BCUT2D eigenvalue weighted by Crippen LogP contribution is 2.36. The molecule has 3 aromatic rings. The van der Waals surface area contributed by atoms with E-state index < -0.39 is 0 Å². The van der Waals surface area contributed by atoms with Crippen LogP contribution in [0.1, 0.15) is 41.0 Å². The molecule has 0 unspecified atom stereocenters. The van der Waals surface area contributed by atoms with E-state index in [1.54, 1.807) is 4.90 Å². The Hall–Kier alpha value is -3.32. The van der Waals surface area contributed by atoms with Gasteiger partial charge in [0.25, 0.3) is 11.9 Å². The molecule has 1 atom stereocenters. The molecule has 0 fully saturated rings. The van der Waals surface area contributed by atoms with Crippen molar-refractivity contribution in [2.45, 2.75) is 39.8 Å². The third-order valence-corrected chi connectivity index (χ3v) is 6.68. The lowest BCUT2D eigenvalue weighted by molar-refractivity contribution is 0.0835. The number of guanidine groups is 1. The van der Waals surface area contributed by atoms with E-state index in [0.29, 0.717) is 54.7 Å². The number of amides is 1. The molecule has 0 N–H and O–H groups in total. The second kappa shape index (κ2) is 9.14. The molecular weight excluding hydrogens is 450 g/mol.